The molecule has 0 radical (unpaired) electrons. The zero-order valence-corrected chi connectivity index (χ0v) is 14.0. The van der Waals surface area contributed by atoms with Gasteiger partial charge in [-0.2, -0.15) is 0 Å². The van der Waals surface area contributed by atoms with E-state index < -0.39 is 0 Å². The summed E-state index contributed by atoms with van der Waals surface area (Å²) in [5.41, 5.74) is 8.49. The second kappa shape index (κ2) is 8.02. The van der Waals surface area contributed by atoms with Crippen molar-refractivity contribution >= 4 is 24.0 Å². The quantitative estimate of drug-likeness (QED) is 0.870. The van der Waals surface area contributed by atoms with Crippen LogP contribution < -0.4 is 5.73 Å². The maximum atomic E-state index is 12.5. The molecular formula is C19H23ClN2O. The van der Waals surface area contributed by atoms with Crippen LogP contribution in [-0.2, 0) is 6.42 Å². The van der Waals surface area contributed by atoms with E-state index in [2.05, 4.69) is 30.3 Å². The van der Waals surface area contributed by atoms with Crippen molar-refractivity contribution < 1.29 is 4.79 Å². The molecule has 122 valence electrons. The van der Waals surface area contributed by atoms with Crippen LogP contribution in [0.4, 0.5) is 5.69 Å². The number of nitrogens with two attached hydrogens (primary N) is 1. The lowest BCUT2D eigenvalue weighted by Crippen LogP contribution is -2.38. The van der Waals surface area contributed by atoms with E-state index in [4.69, 9.17) is 5.73 Å². The van der Waals surface area contributed by atoms with Gasteiger partial charge in [0.05, 0.1) is 0 Å². The highest BCUT2D eigenvalue weighted by atomic mass is 35.5. The van der Waals surface area contributed by atoms with Crippen LogP contribution >= 0.6 is 12.4 Å². The molecule has 1 amide bonds. The van der Waals surface area contributed by atoms with Crippen molar-refractivity contribution in [1.82, 2.24) is 4.90 Å². The van der Waals surface area contributed by atoms with Crippen LogP contribution in [0.2, 0.25) is 0 Å². The van der Waals surface area contributed by atoms with E-state index in [-0.39, 0.29) is 18.3 Å². The van der Waals surface area contributed by atoms with E-state index in [1.807, 2.05) is 23.1 Å². The molecule has 4 heteroatoms. The van der Waals surface area contributed by atoms with Gasteiger partial charge in [0.15, 0.2) is 0 Å². The number of likely N-dealkylation sites (tertiary alicyclic amines) is 1. The van der Waals surface area contributed by atoms with E-state index in [9.17, 15) is 4.79 Å². The van der Waals surface area contributed by atoms with Crippen LogP contribution in [0.25, 0.3) is 0 Å². The lowest BCUT2D eigenvalue weighted by Gasteiger charge is -2.32. The molecule has 0 atom stereocenters. The van der Waals surface area contributed by atoms with Crippen LogP contribution in [0.15, 0.2) is 54.6 Å². The Hall–Kier alpha value is -2.00. The number of hydrogen-bond donors (Lipinski definition) is 1. The van der Waals surface area contributed by atoms with Crippen LogP contribution in [0, 0.1) is 5.92 Å². The fourth-order valence-corrected chi connectivity index (χ4v) is 3.14. The Kier molecular flexibility index (Phi) is 6.05. The first kappa shape index (κ1) is 17.4. The smallest absolute Gasteiger partial charge is 0.253 e. The van der Waals surface area contributed by atoms with Crippen molar-refractivity contribution in [2.75, 3.05) is 18.8 Å². The SMILES string of the molecule is Cl.Nc1cccc(C(=O)N2CCC(Cc3ccccc3)CC2)c1. The molecule has 0 aromatic heterocycles. The topological polar surface area (TPSA) is 46.3 Å². The third kappa shape index (κ3) is 4.49. The predicted molar refractivity (Wildman–Crippen MR) is 96.9 cm³/mol. The largest absolute Gasteiger partial charge is 0.399 e. The standard InChI is InChI=1S/C19H22N2O.ClH/c20-18-8-4-7-17(14-18)19(22)21-11-9-16(10-12-21)13-15-5-2-1-3-6-15;/h1-8,14,16H,9-13,20H2;1H. The molecular weight excluding hydrogens is 308 g/mol. The lowest BCUT2D eigenvalue weighted by atomic mass is 9.90. The summed E-state index contributed by atoms with van der Waals surface area (Å²) in [7, 11) is 0. The summed E-state index contributed by atoms with van der Waals surface area (Å²) >= 11 is 0. The minimum atomic E-state index is 0. The van der Waals surface area contributed by atoms with E-state index in [1.54, 1.807) is 6.07 Å². The highest BCUT2D eigenvalue weighted by Crippen LogP contribution is 2.23. The molecule has 1 saturated heterocycles. The number of halogens is 1. The molecule has 1 aliphatic rings. The van der Waals surface area contributed by atoms with Gasteiger partial charge in [-0.1, -0.05) is 36.4 Å². The van der Waals surface area contributed by atoms with Crippen LogP contribution in [0.5, 0.6) is 0 Å². The number of hydrogen-bond acceptors (Lipinski definition) is 2. The molecule has 2 aromatic rings. The average molecular weight is 331 g/mol. The highest BCUT2D eigenvalue weighted by Gasteiger charge is 2.23. The van der Waals surface area contributed by atoms with Gasteiger partial charge in [-0.05, 0) is 48.9 Å². The maximum absolute atomic E-state index is 12.5. The van der Waals surface area contributed by atoms with Gasteiger partial charge in [-0.3, -0.25) is 4.79 Å². The van der Waals surface area contributed by atoms with Gasteiger partial charge in [0.2, 0.25) is 0 Å². The molecule has 1 aliphatic heterocycles. The summed E-state index contributed by atoms with van der Waals surface area (Å²) in [5.74, 6) is 0.776. The number of carbonyl (C=O) groups excluding carboxylic acids is 1. The summed E-state index contributed by atoms with van der Waals surface area (Å²) in [6.07, 6.45) is 3.26. The number of carbonyl (C=O) groups is 1. The monoisotopic (exact) mass is 330 g/mol. The molecule has 1 heterocycles. The third-order valence-corrected chi connectivity index (χ3v) is 4.40. The molecule has 3 nitrogen and oxygen atoms in total. The Bertz CT molecular complexity index is 637. The minimum Gasteiger partial charge on any atom is -0.399 e. The lowest BCUT2D eigenvalue weighted by molar-refractivity contribution is 0.0690. The Morgan fingerprint density at radius 3 is 2.39 bits per heavy atom. The summed E-state index contributed by atoms with van der Waals surface area (Å²) in [6.45, 7) is 1.68. The van der Waals surface area contributed by atoms with Gasteiger partial charge in [0, 0.05) is 24.3 Å². The molecule has 3 rings (SSSR count). The first-order valence-electron chi connectivity index (χ1n) is 7.91. The molecule has 0 unspecified atom stereocenters. The number of nitrogen functional groups attached to an aromatic ring is 1. The van der Waals surface area contributed by atoms with Crippen LogP contribution in [0.1, 0.15) is 28.8 Å². The predicted octanol–water partition coefficient (Wildman–Crippen LogP) is 3.79. The summed E-state index contributed by atoms with van der Waals surface area (Å²) in [4.78, 5) is 14.4. The molecule has 2 aromatic carbocycles. The van der Waals surface area contributed by atoms with E-state index in [0.29, 0.717) is 17.2 Å². The number of nitrogens with zero attached hydrogens (tertiary/aromatic N) is 1. The van der Waals surface area contributed by atoms with Crippen molar-refractivity contribution in [3.05, 3.63) is 65.7 Å². The second-order valence-corrected chi connectivity index (χ2v) is 6.05. The van der Waals surface area contributed by atoms with Gasteiger partial charge in [-0.25, -0.2) is 0 Å². The Morgan fingerprint density at radius 2 is 1.74 bits per heavy atom. The Labute approximate surface area is 143 Å². The summed E-state index contributed by atoms with van der Waals surface area (Å²) < 4.78 is 0. The van der Waals surface area contributed by atoms with Gasteiger partial charge in [0.1, 0.15) is 0 Å². The maximum Gasteiger partial charge on any atom is 0.253 e. The zero-order valence-electron chi connectivity index (χ0n) is 13.2. The first-order chi connectivity index (χ1) is 10.7. The van der Waals surface area contributed by atoms with E-state index in [1.165, 1.54) is 5.56 Å². The van der Waals surface area contributed by atoms with Crippen molar-refractivity contribution in [1.29, 1.82) is 0 Å². The van der Waals surface area contributed by atoms with E-state index >= 15 is 0 Å². The van der Waals surface area contributed by atoms with Crippen LogP contribution in [0.3, 0.4) is 0 Å². The second-order valence-electron chi connectivity index (χ2n) is 6.05. The normalized spacial score (nSPS) is 15.0. The fraction of sp³-hybridized carbons (Fsp3) is 0.316. The average Bonchev–Trinajstić information content (AvgIpc) is 2.56. The molecule has 0 spiro atoms. The number of rotatable bonds is 3. The van der Waals surface area contributed by atoms with Crippen molar-refractivity contribution in [2.24, 2.45) is 5.92 Å². The molecule has 0 saturated carbocycles. The number of benzene rings is 2. The van der Waals surface area contributed by atoms with Gasteiger partial charge in [-0.15, -0.1) is 12.4 Å². The highest BCUT2D eigenvalue weighted by molar-refractivity contribution is 5.95. The third-order valence-electron chi connectivity index (χ3n) is 4.40. The Morgan fingerprint density at radius 1 is 1.04 bits per heavy atom. The van der Waals surface area contributed by atoms with Gasteiger partial charge >= 0.3 is 0 Å². The van der Waals surface area contributed by atoms with E-state index in [0.717, 1.165) is 32.4 Å². The number of piperidine rings is 1. The van der Waals surface area contributed by atoms with Gasteiger partial charge in [0.25, 0.3) is 5.91 Å². The molecule has 1 fully saturated rings. The molecule has 0 aliphatic carbocycles. The molecule has 23 heavy (non-hydrogen) atoms. The zero-order chi connectivity index (χ0) is 15.4. The van der Waals surface area contributed by atoms with Crippen molar-refractivity contribution in [3.8, 4) is 0 Å². The molecule has 2 N–H and O–H groups in total. The summed E-state index contributed by atoms with van der Waals surface area (Å²) in [6, 6.07) is 17.9. The minimum absolute atomic E-state index is 0. The van der Waals surface area contributed by atoms with Crippen molar-refractivity contribution in [3.63, 3.8) is 0 Å². The number of anilines is 1. The summed E-state index contributed by atoms with van der Waals surface area (Å²) in [5, 5.41) is 0. The van der Waals surface area contributed by atoms with Crippen molar-refractivity contribution in [2.45, 2.75) is 19.3 Å². The fourth-order valence-electron chi connectivity index (χ4n) is 3.14. The first-order valence-corrected chi connectivity index (χ1v) is 7.91. The number of amides is 1. The van der Waals surface area contributed by atoms with Gasteiger partial charge < -0.3 is 10.6 Å². The Balaban J connectivity index is 0.00000192. The molecule has 0 bridgehead atoms. The van der Waals surface area contributed by atoms with Crippen LogP contribution in [-0.4, -0.2) is 23.9 Å².